The quantitative estimate of drug-likeness (QED) is 0.663. The Balaban J connectivity index is 0.00000117. The van der Waals surface area contributed by atoms with E-state index in [0.717, 1.165) is 51.3 Å². The predicted octanol–water partition coefficient (Wildman–Crippen LogP) is 4.12. The summed E-state index contributed by atoms with van der Waals surface area (Å²) in [6.07, 6.45) is 5.23. The zero-order valence-electron chi connectivity index (χ0n) is 19.9. The highest BCUT2D eigenvalue weighted by Crippen LogP contribution is 2.41. The van der Waals surface area contributed by atoms with Gasteiger partial charge in [0.1, 0.15) is 23.8 Å². The minimum absolute atomic E-state index is 0.00607. The summed E-state index contributed by atoms with van der Waals surface area (Å²) in [5.41, 5.74) is -0.200. The van der Waals surface area contributed by atoms with Crippen molar-refractivity contribution in [1.29, 1.82) is 0 Å². The standard InChI is InChI=1S/C23H26F2N4O3.C2H6/c24-15-11-16(25)20-19-18(15)17(30)10-14-12-31-9-3-8-29(14)21(19)27-22(26-20)32-13-23-4-1-6-28(23)7-2-5-23;1-2/h11,14H,1-10,12-13H2;1-2H3. The fourth-order valence-corrected chi connectivity index (χ4v) is 6.00. The highest BCUT2D eigenvalue weighted by atomic mass is 19.1. The van der Waals surface area contributed by atoms with Gasteiger partial charge in [0.2, 0.25) is 0 Å². The third-order valence-electron chi connectivity index (χ3n) is 7.53. The largest absolute Gasteiger partial charge is 0.461 e. The zero-order chi connectivity index (χ0) is 23.9. The molecule has 0 bridgehead atoms. The highest BCUT2D eigenvalue weighted by Gasteiger charge is 2.45. The topological polar surface area (TPSA) is 67.8 Å². The molecule has 1 atom stereocenters. The fraction of sp³-hybridized carbons (Fsp3) is 0.640. The van der Waals surface area contributed by atoms with Crippen molar-refractivity contribution >= 4 is 22.5 Å². The summed E-state index contributed by atoms with van der Waals surface area (Å²) in [6, 6.07) is 0.539. The minimum atomic E-state index is -0.872. The third-order valence-corrected chi connectivity index (χ3v) is 7.53. The van der Waals surface area contributed by atoms with E-state index in [4.69, 9.17) is 9.47 Å². The van der Waals surface area contributed by atoms with Crippen molar-refractivity contribution in [2.24, 2.45) is 0 Å². The summed E-state index contributed by atoms with van der Waals surface area (Å²) in [7, 11) is 0. The van der Waals surface area contributed by atoms with Crippen LogP contribution in [0.25, 0.3) is 10.9 Å². The van der Waals surface area contributed by atoms with Crippen LogP contribution in [0.15, 0.2) is 6.07 Å². The van der Waals surface area contributed by atoms with Gasteiger partial charge in [0.15, 0.2) is 11.6 Å². The smallest absolute Gasteiger partial charge is 0.319 e. The van der Waals surface area contributed by atoms with Gasteiger partial charge in [-0.05, 0) is 45.2 Å². The first-order valence-electron chi connectivity index (χ1n) is 12.5. The number of hydrogen-bond acceptors (Lipinski definition) is 7. The Labute approximate surface area is 198 Å². The number of ketones is 1. The maximum absolute atomic E-state index is 14.9. The van der Waals surface area contributed by atoms with Crippen LogP contribution in [0.3, 0.4) is 0 Å². The normalized spacial score (nSPS) is 23.6. The van der Waals surface area contributed by atoms with Crippen molar-refractivity contribution in [1.82, 2.24) is 14.9 Å². The Bertz CT molecular complexity index is 1090. The van der Waals surface area contributed by atoms with Crippen LogP contribution >= 0.6 is 0 Å². The van der Waals surface area contributed by atoms with Gasteiger partial charge in [-0.15, -0.1) is 0 Å². The molecule has 1 unspecified atom stereocenters. The lowest BCUT2D eigenvalue weighted by atomic mass is 9.95. The lowest BCUT2D eigenvalue weighted by Gasteiger charge is -2.32. The van der Waals surface area contributed by atoms with Gasteiger partial charge in [0.05, 0.1) is 29.1 Å². The molecule has 9 heteroatoms. The highest BCUT2D eigenvalue weighted by molar-refractivity contribution is 6.12. The van der Waals surface area contributed by atoms with E-state index in [9.17, 15) is 13.6 Å². The molecule has 0 saturated carbocycles. The average Bonchev–Trinajstić information content (AvgIpc) is 3.29. The molecule has 0 amide bonds. The number of ether oxygens (including phenoxy) is 2. The van der Waals surface area contributed by atoms with Gasteiger partial charge >= 0.3 is 6.01 Å². The lowest BCUT2D eigenvalue weighted by molar-refractivity contribution is 0.0929. The maximum Gasteiger partial charge on any atom is 0.319 e. The van der Waals surface area contributed by atoms with E-state index in [1.807, 2.05) is 18.7 Å². The molecule has 0 radical (unpaired) electrons. The van der Waals surface area contributed by atoms with Crippen molar-refractivity contribution in [3.63, 3.8) is 0 Å². The van der Waals surface area contributed by atoms with Gasteiger partial charge in [-0.25, -0.2) is 8.78 Å². The molecule has 34 heavy (non-hydrogen) atoms. The number of aromatic nitrogens is 2. The van der Waals surface area contributed by atoms with Gasteiger partial charge in [0, 0.05) is 25.6 Å². The number of hydrogen-bond donors (Lipinski definition) is 0. The first-order chi connectivity index (χ1) is 16.6. The second-order valence-electron chi connectivity index (χ2n) is 9.38. The third kappa shape index (κ3) is 3.82. The zero-order valence-corrected chi connectivity index (χ0v) is 19.9. The van der Waals surface area contributed by atoms with Crippen LogP contribution in [0, 0.1) is 11.6 Å². The molecular formula is C25H32F2N4O3. The lowest BCUT2D eigenvalue weighted by Crippen LogP contribution is -2.43. The van der Waals surface area contributed by atoms with Crippen molar-refractivity contribution in [2.75, 3.05) is 44.4 Å². The van der Waals surface area contributed by atoms with E-state index < -0.39 is 11.6 Å². The Hall–Kier alpha value is -2.39. The average molecular weight is 475 g/mol. The van der Waals surface area contributed by atoms with Crippen molar-refractivity contribution in [3.8, 4) is 6.01 Å². The summed E-state index contributed by atoms with van der Waals surface area (Å²) in [4.78, 5) is 26.3. The van der Waals surface area contributed by atoms with E-state index in [2.05, 4.69) is 14.9 Å². The summed E-state index contributed by atoms with van der Waals surface area (Å²) < 4.78 is 41.5. The molecule has 7 nitrogen and oxygen atoms in total. The number of nitrogens with zero attached hydrogens (tertiary/aromatic N) is 4. The second kappa shape index (κ2) is 9.34. The molecular weight excluding hydrogens is 442 g/mol. The molecule has 6 rings (SSSR count). The van der Waals surface area contributed by atoms with Crippen LogP contribution in [-0.4, -0.2) is 71.7 Å². The Morgan fingerprint density at radius 1 is 1.12 bits per heavy atom. The molecule has 3 fully saturated rings. The summed E-state index contributed by atoms with van der Waals surface area (Å²) in [5.74, 6) is -1.69. The van der Waals surface area contributed by atoms with Crippen LogP contribution in [-0.2, 0) is 4.74 Å². The molecule has 4 aliphatic heterocycles. The molecule has 4 aliphatic rings. The summed E-state index contributed by atoms with van der Waals surface area (Å²) >= 11 is 0. The van der Waals surface area contributed by atoms with E-state index >= 15 is 0 Å². The Kier molecular flexibility index (Phi) is 6.41. The van der Waals surface area contributed by atoms with Crippen molar-refractivity contribution < 1.29 is 23.0 Å². The van der Waals surface area contributed by atoms with Gasteiger partial charge in [-0.3, -0.25) is 9.69 Å². The van der Waals surface area contributed by atoms with E-state index in [1.54, 1.807) is 0 Å². The SMILES string of the molecule is CC.O=C1CC2COCCCN2c2nc(OCC34CCCN3CCC4)nc3c(F)cc(F)c1c23. The summed E-state index contributed by atoms with van der Waals surface area (Å²) in [5, 5.41) is 0.144. The van der Waals surface area contributed by atoms with Crippen LogP contribution < -0.4 is 9.64 Å². The van der Waals surface area contributed by atoms with Crippen LogP contribution in [0.2, 0.25) is 0 Å². The van der Waals surface area contributed by atoms with Crippen LogP contribution in [0.1, 0.15) is 62.7 Å². The number of carbonyl (C=O) groups is 1. The van der Waals surface area contributed by atoms with Crippen LogP contribution in [0.5, 0.6) is 6.01 Å². The molecule has 1 aromatic carbocycles. The number of anilines is 1. The van der Waals surface area contributed by atoms with Crippen molar-refractivity contribution in [3.05, 3.63) is 23.3 Å². The molecule has 5 heterocycles. The van der Waals surface area contributed by atoms with Crippen molar-refractivity contribution in [2.45, 2.75) is 64.0 Å². The van der Waals surface area contributed by atoms with E-state index in [-0.39, 0.29) is 46.3 Å². The molecule has 1 aromatic heterocycles. The predicted molar refractivity (Wildman–Crippen MR) is 125 cm³/mol. The number of benzene rings is 1. The molecule has 3 saturated heterocycles. The Morgan fingerprint density at radius 3 is 2.65 bits per heavy atom. The Morgan fingerprint density at radius 2 is 1.88 bits per heavy atom. The number of carbonyl (C=O) groups excluding carboxylic acids is 1. The van der Waals surface area contributed by atoms with Gasteiger partial charge < -0.3 is 14.4 Å². The molecule has 2 aromatic rings. The first-order valence-corrected chi connectivity index (χ1v) is 12.5. The monoisotopic (exact) mass is 474 g/mol. The molecule has 0 N–H and O–H groups in total. The van der Waals surface area contributed by atoms with Gasteiger partial charge in [-0.1, -0.05) is 13.8 Å². The molecule has 0 spiro atoms. The number of halogens is 2. The molecule has 0 aliphatic carbocycles. The molecule has 184 valence electrons. The van der Waals surface area contributed by atoms with Gasteiger partial charge in [-0.2, -0.15) is 9.97 Å². The second-order valence-corrected chi connectivity index (χ2v) is 9.38. The number of fused-ring (bicyclic) bond motifs is 3. The summed E-state index contributed by atoms with van der Waals surface area (Å²) in [6.45, 7) is 8.08. The van der Waals surface area contributed by atoms with E-state index in [1.165, 1.54) is 0 Å². The van der Waals surface area contributed by atoms with Gasteiger partial charge in [0.25, 0.3) is 0 Å². The van der Waals surface area contributed by atoms with E-state index in [0.29, 0.717) is 32.2 Å². The minimum Gasteiger partial charge on any atom is -0.461 e. The number of Topliss-reactive ketones (excluding diaryl/α,β-unsaturated/α-hetero) is 1. The van der Waals surface area contributed by atoms with Crippen LogP contribution in [0.4, 0.5) is 14.6 Å². The first kappa shape index (κ1) is 23.4. The number of rotatable bonds is 3. The maximum atomic E-state index is 14.9. The fourth-order valence-electron chi connectivity index (χ4n) is 6.00.